The molecule has 20 heavy (non-hydrogen) atoms. The van der Waals surface area contributed by atoms with E-state index in [9.17, 15) is 23.1 Å². The van der Waals surface area contributed by atoms with Crippen LogP contribution in [0.4, 0.5) is 13.2 Å². The Morgan fingerprint density at radius 2 is 1.55 bits per heavy atom. The van der Waals surface area contributed by atoms with Crippen molar-refractivity contribution in [2.45, 2.75) is 63.1 Å². The molecule has 1 saturated carbocycles. The molecule has 6 heteroatoms. The van der Waals surface area contributed by atoms with Gasteiger partial charge in [-0.25, -0.2) is 0 Å². The van der Waals surface area contributed by atoms with Crippen molar-refractivity contribution < 1.29 is 23.1 Å². The number of aliphatic hydroxyl groups is 1. The van der Waals surface area contributed by atoms with E-state index < -0.39 is 24.6 Å². The molecular formula is C14H22F3NO2. The molecule has 1 saturated heterocycles. The second kappa shape index (κ2) is 5.92. The number of hydrogen-bond donors (Lipinski definition) is 1. The summed E-state index contributed by atoms with van der Waals surface area (Å²) in [6.45, 7) is 0.0106. The third-order valence-corrected chi connectivity index (χ3v) is 4.63. The second-order valence-electron chi connectivity index (χ2n) is 6.04. The van der Waals surface area contributed by atoms with E-state index in [-0.39, 0.29) is 24.9 Å². The van der Waals surface area contributed by atoms with Crippen molar-refractivity contribution in [3.05, 3.63) is 0 Å². The summed E-state index contributed by atoms with van der Waals surface area (Å²) in [5.74, 6) is -0.0503. The van der Waals surface area contributed by atoms with E-state index in [2.05, 4.69) is 0 Å². The van der Waals surface area contributed by atoms with Gasteiger partial charge in [-0.3, -0.25) is 4.79 Å². The highest BCUT2D eigenvalue weighted by molar-refractivity contribution is 5.79. The molecule has 1 amide bonds. The molecule has 0 unspecified atom stereocenters. The molecular weight excluding hydrogens is 271 g/mol. The van der Waals surface area contributed by atoms with Gasteiger partial charge in [-0.1, -0.05) is 25.7 Å². The summed E-state index contributed by atoms with van der Waals surface area (Å²) in [4.78, 5) is 13.8. The molecule has 2 fully saturated rings. The number of hydrogen-bond acceptors (Lipinski definition) is 2. The van der Waals surface area contributed by atoms with Crippen LogP contribution in [-0.2, 0) is 4.79 Å². The first-order chi connectivity index (χ1) is 9.33. The van der Waals surface area contributed by atoms with Crippen LogP contribution in [0.3, 0.4) is 0 Å². The zero-order chi connectivity index (χ0) is 14.8. The second-order valence-corrected chi connectivity index (χ2v) is 6.04. The fourth-order valence-corrected chi connectivity index (χ4v) is 3.17. The number of piperidine rings is 1. The maximum absolute atomic E-state index is 12.7. The molecule has 1 aliphatic heterocycles. The van der Waals surface area contributed by atoms with E-state index in [0.29, 0.717) is 0 Å². The van der Waals surface area contributed by atoms with E-state index in [4.69, 9.17) is 0 Å². The third kappa shape index (κ3) is 3.27. The van der Waals surface area contributed by atoms with Crippen LogP contribution in [0.15, 0.2) is 0 Å². The largest absolute Gasteiger partial charge is 0.417 e. The van der Waals surface area contributed by atoms with Gasteiger partial charge in [-0.15, -0.1) is 0 Å². The van der Waals surface area contributed by atoms with Crippen LogP contribution >= 0.6 is 0 Å². The number of rotatable bonds is 1. The van der Waals surface area contributed by atoms with Gasteiger partial charge in [-0.2, -0.15) is 13.2 Å². The van der Waals surface area contributed by atoms with Gasteiger partial charge in [0.05, 0.1) is 0 Å². The molecule has 0 aromatic rings. The number of nitrogens with zero attached hydrogens (tertiary/aromatic N) is 1. The molecule has 1 aliphatic carbocycles. The summed E-state index contributed by atoms with van der Waals surface area (Å²) >= 11 is 0. The minimum atomic E-state index is -4.61. The number of alkyl halides is 3. The first kappa shape index (κ1) is 15.6. The molecule has 0 aromatic heterocycles. The van der Waals surface area contributed by atoms with Gasteiger partial charge in [0, 0.05) is 31.8 Å². The Kier molecular flexibility index (Phi) is 4.62. The number of amides is 1. The lowest BCUT2D eigenvalue weighted by molar-refractivity contribution is -0.272. The molecule has 1 heterocycles. The zero-order valence-electron chi connectivity index (χ0n) is 11.6. The van der Waals surface area contributed by atoms with Gasteiger partial charge >= 0.3 is 6.18 Å². The topological polar surface area (TPSA) is 40.5 Å². The van der Waals surface area contributed by atoms with Crippen molar-refractivity contribution >= 4 is 5.91 Å². The number of carbonyl (C=O) groups is 1. The summed E-state index contributed by atoms with van der Waals surface area (Å²) in [6.07, 6.45) is 0.592. The van der Waals surface area contributed by atoms with Crippen molar-refractivity contribution in [1.29, 1.82) is 0 Å². The highest BCUT2D eigenvalue weighted by Crippen LogP contribution is 2.38. The number of likely N-dealkylation sites (tertiary alicyclic amines) is 1. The van der Waals surface area contributed by atoms with Crippen LogP contribution in [0.2, 0.25) is 0 Å². The number of halogens is 3. The first-order valence-electron chi connectivity index (χ1n) is 7.41. The van der Waals surface area contributed by atoms with E-state index in [1.165, 1.54) is 4.90 Å². The molecule has 1 N–H and O–H groups in total. The first-order valence-corrected chi connectivity index (χ1v) is 7.41. The maximum atomic E-state index is 12.7. The van der Waals surface area contributed by atoms with Crippen molar-refractivity contribution in [1.82, 2.24) is 4.90 Å². The fraction of sp³-hybridized carbons (Fsp3) is 0.929. The lowest BCUT2D eigenvalue weighted by Crippen LogP contribution is -2.55. The molecule has 2 rings (SSSR count). The van der Waals surface area contributed by atoms with E-state index >= 15 is 0 Å². The van der Waals surface area contributed by atoms with Crippen LogP contribution in [0.1, 0.15) is 51.4 Å². The number of carbonyl (C=O) groups excluding carboxylic acids is 1. The van der Waals surface area contributed by atoms with E-state index in [1.54, 1.807) is 0 Å². The molecule has 0 radical (unpaired) electrons. The van der Waals surface area contributed by atoms with Crippen LogP contribution in [0.5, 0.6) is 0 Å². The normalized spacial score (nSPS) is 25.3. The Morgan fingerprint density at radius 3 is 2.00 bits per heavy atom. The van der Waals surface area contributed by atoms with Gasteiger partial charge < -0.3 is 10.0 Å². The highest BCUT2D eigenvalue weighted by atomic mass is 19.4. The predicted molar refractivity (Wildman–Crippen MR) is 68.0 cm³/mol. The molecule has 2 aliphatic rings. The van der Waals surface area contributed by atoms with Crippen molar-refractivity contribution in [3.63, 3.8) is 0 Å². The van der Waals surface area contributed by atoms with Crippen LogP contribution in [0, 0.1) is 5.92 Å². The summed E-state index contributed by atoms with van der Waals surface area (Å²) < 4.78 is 38.1. The van der Waals surface area contributed by atoms with Crippen LogP contribution in [-0.4, -0.2) is 40.8 Å². The van der Waals surface area contributed by atoms with E-state index in [1.807, 2.05) is 0 Å². The molecule has 0 spiro atoms. The minimum absolute atomic E-state index is 0.00530. The quantitative estimate of drug-likeness (QED) is 0.755. The Labute approximate surface area is 117 Å². The predicted octanol–water partition coefficient (Wildman–Crippen LogP) is 2.87. The van der Waals surface area contributed by atoms with Crippen molar-refractivity contribution in [2.75, 3.05) is 13.1 Å². The smallest absolute Gasteiger partial charge is 0.380 e. The summed E-state index contributed by atoms with van der Waals surface area (Å²) in [5.41, 5.74) is -2.62. The Morgan fingerprint density at radius 1 is 1.05 bits per heavy atom. The third-order valence-electron chi connectivity index (χ3n) is 4.63. The fourth-order valence-electron chi connectivity index (χ4n) is 3.17. The van der Waals surface area contributed by atoms with Crippen molar-refractivity contribution in [3.8, 4) is 0 Å². The van der Waals surface area contributed by atoms with Gasteiger partial charge in [0.25, 0.3) is 0 Å². The van der Waals surface area contributed by atoms with Gasteiger partial charge in [0.1, 0.15) is 0 Å². The lowest BCUT2D eigenvalue weighted by Gasteiger charge is -2.40. The highest BCUT2D eigenvalue weighted by Gasteiger charge is 2.55. The molecule has 0 bridgehead atoms. The lowest BCUT2D eigenvalue weighted by atomic mass is 9.89. The Balaban J connectivity index is 1.91. The summed E-state index contributed by atoms with van der Waals surface area (Å²) in [5, 5.41) is 9.60. The molecule has 0 aromatic carbocycles. The maximum Gasteiger partial charge on any atom is 0.417 e. The van der Waals surface area contributed by atoms with Gasteiger partial charge in [0.15, 0.2) is 5.60 Å². The van der Waals surface area contributed by atoms with Crippen LogP contribution in [0.25, 0.3) is 0 Å². The van der Waals surface area contributed by atoms with Gasteiger partial charge in [-0.05, 0) is 12.8 Å². The SMILES string of the molecule is O=C(C1CCCCCC1)N1CCC(O)(C(F)(F)F)CC1. The molecule has 3 nitrogen and oxygen atoms in total. The minimum Gasteiger partial charge on any atom is -0.380 e. The van der Waals surface area contributed by atoms with Crippen molar-refractivity contribution in [2.24, 2.45) is 5.92 Å². The van der Waals surface area contributed by atoms with Crippen LogP contribution < -0.4 is 0 Å². The average Bonchev–Trinajstić information content (AvgIpc) is 2.66. The standard InChI is InChI=1S/C14H22F3NO2/c15-14(16,17)13(20)7-9-18(10-8-13)12(19)11-5-3-1-2-4-6-11/h11,20H,1-10H2. The summed E-state index contributed by atoms with van der Waals surface area (Å²) in [7, 11) is 0. The van der Waals surface area contributed by atoms with Gasteiger partial charge in [0.2, 0.25) is 5.91 Å². The molecule has 0 atom stereocenters. The Hall–Kier alpha value is -0.780. The zero-order valence-corrected chi connectivity index (χ0v) is 11.6. The Bertz CT molecular complexity index is 341. The van der Waals surface area contributed by atoms with E-state index in [0.717, 1.165) is 38.5 Å². The monoisotopic (exact) mass is 293 g/mol. The average molecular weight is 293 g/mol. The molecule has 116 valence electrons. The summed E-state index contributed by atoms with van der Waals surface area (Å²) in [6, 6.07) is 0.